The molecule has 3 heteroatoms. The monoisotopic (exact) mass is 430 g/mol. The third-order valence-corrected chi connectivity index (χ3v) is 7.51. The van der Waals surface area contributed by atoms with Crippen LogP contribution in [-0.4, -0.2) is 4.40 Å². The van der Waals surface area contributed by atoms with Crippen LogP contribution in [0.5, 0.6) is 0 Å². The molecular formula is C30H28N3+. The number of aromatic nitrogens is 2. The number of aryl methyl sites for hydroxylation is 2. The summed E-state index contributed by atoms with van der Waals surface area (Å²) < 4.78 is 4.71. The van der Waals surface area contributed by atoms with Crippen molar-refractivity contribution in [2.24, 2.45) is 7.05 Å². The molecule has 6 rings (SSSR count). The van der Waals surface area contributed by atoms with E-state index < -0.39 is 5.54 Å². The Bertz CT molecular complexity index is 1790. The smallest absolute Gasteiger partial charge is 0.252 e. The molecule has 6 aromatic rings. The Kier molecular flexibility index (Phi) is 3.91. The van der Waals surface area contributed by atoms with Crippen molar-refractivity contribution < 1.29 is 4.57 Å². The van der Waals surface area contributed by atoms with Crippen molar-refractivity contribution in [3.63, 3.8) is 0 Å². The van der Waals surface area contributed by atoms with Gasteiger partial charge in [0.25, 0.3) is 5.54 Å². The highest BCUT2D eigenvalue weighted by Crippen LogP contribution is 2.42. The van der Waals surface area contributed by atoms with Gasteiger partial charge in [0.1, 0.15) is 7.05 Å². The molecule has 0 spiro atoms. The highest BCUT2D eigenvalue weighted by Gasteiger charge is 2.30. The van der Waals surface area contributed by atoms with Gasteiger partial charge in [-0.25, -0.2) is 11.1 Å². The molecule has 0 N–H and O–H groups in total. The molecule has 0 aliphatic heterocycles. The van der Waals surface area contributed by atoms with Gasteiger partial charge in [-0.2, -0.15) is 0 Å². The maximum absolute atomic E-state index is 7.81. The number of hydrogen-bond donors (Lipinski definition) is 0. The van der Waals surface area contributed by atoms with Crippen LogP contribution in [-0.2, 0) is 12.6 Å². The fraction of sp³-hybridized carbons (Fsp3) is 0.267. The Morgan fingerprint density at radius 1 is 0.939 bits per heavy atom. The first kappa shape index (κ1) is 20.0. The van der Waals surface area contributed by atoms with Gasteiger partial charge in [0.2, 0.25) is 5.52 Å². The molecule has 3 heterocycles. The minimum absolute atomic E-state index is 0.479. The lowest BCUT2D eigenvalue weighted by Gasteiger charge is -2.17. The van der Waals surface area contributed by atoms with E-state index in [0.29, 0.717) is 5.92 Å². The molecule has 0 amide bonds. The number of benzene rings is 3. The lowest BCUT2D eigenvalue weighted by molar-refractivity contribution is -0.643. The topological polar surface area (TPSA) is 12.7 Å². The van der Waals surface area contributed by atoms with Crippen LogP contribution in [0, 0.1) is 13.5 Å². The zero-order valence-electron chi connectivity index (χ0n) is 20.1. The highest BCUT2D eigenvalue weighted by atomic mass is 15.0. The van der Waals surface area contributed by atoms with Crippen LogP contribution in [0.2, 0.25) is 0 Å². The SMILES string of the molecule is [C-]#[N+]C(C)(C)c1cc2cc[n+](C)c3c4c(C)ccc5c6cc(C(C)C)ccc6n(c(c1)c23)c54. The van der Waals surface area contributed by atoms with Gasteiger partial charge < -0.3 is 9.25 Å². The van der Waals surface area contributed by atoms with Gasteiger partial charge in [-0.3, -0.25) is 0 Å². The lowest BCUT2D eigenvalue weighted by atomic mass is 9.91. The Morgan fingerprint density at radius 3 is 2.45 bits per heavy atom. The summed E-state index contributed by atoms with van der Waals surface area (Å²) in [7, 11) is 2.14. The van der Waals surface area contributed by atoms with Crippen LogP contribution >= 0.6 is 0 Å². The highest BCUT2D eigenvalue weighted by molar-refractivity contribution is 6.25. The lowest BCUT2D eigenvalue weighted by Crippen LogP contribution is -2.29. The number of pyridine rings is 2. The quantitative estimate of drug-likeness (QED) is 0.117. The fourth-order valence-corrected chi connectivity index (χ4v) is 5.51. The summed E-state index contributed by atoms with van der Waals surface area (Å²) in [6.45, 7) is 18.6. The summed E-state index contributed by atoms with van der Waals surface area (Å²) in [5, 5.41) is 6.36. The van der Waals surface area contributed by atoms with E-state index in [1.165, 1.54) is 60.1 Å². The largest absolute Gasteiger partial charge is 0.307 e. The van der Waals surface area contributed by atoms with Gasteiger partial charge in [0, 0.05) is 36.2 Å². The second-order valence-electron chi connectivity index (χ2n) is 10.3. The Labute approximate surface area is 194 Å². The second-order valence-corrected chi connectivity index (χ2v) is 10.3. The van der Waals surface area contributed by atoms with E-state index in [1.54, 1.807) is 0 Å². The molecule has 0 fully saturated rings. The zero-order chi connectivity index (χ0) is 23.2. The van der Waals surface area contributed by atoms with Crippen LogP contribution in [0.25, 0.3) is 53.8 Å². The molecule has 0 saturated heterocycles. The molecule has 0 aliphatic rings. The molecule has 0 atom stereocenters. The summed E-state index contributed by atoms with van der Waals surface area (Å²) in [4.78, 5) is 3.95. The van der Waals surface area contributed by atoms with E-state index in [4.69, 9.17) is 6.57 Å². The molecule has 0 aliphatic carbocycles. The first-order chi connectivity index (χ1) is 15.7. The third kappa shape index (κ3) is 2.52. The van der Waals surface area contributed by atoms with Gasteiger partial charge in [0.15, 0.2) is 6.20 Å². The van der Waals surface area contributed by atoms with Gasteiger partial charge >= 0.3 is 0 Å². The molecule has 162 valence electrons. The van der Waals surface area contributed by atoms with Gasteiger partial charge in [-0.1, -0.05) is 32.0 Å². The summed E-state index contributed by atoms with van der Waals surface area (Å²) in [6.07, 6.45) is 2.16. The molecule has 3 nitrogen and oxygen atoms in total. The summed E-state index contributed by atoms with van der Waals surface area (Å²) in [6, 6.07) is 18.1. The Balaban J connectivity index is 1.99. The molecule has 0 bridgehead atoms. The molecule has 33 heavy (non-hydrogen) atoms. The van der Waals surface area contributed by atoms with Crippen molar-refractivity contribution in [3.8, 4) is 0 Å². The van der Waals surface area contributed by atoms with Gasteiger partial charge in [0.05, 0.1) is 27.3 Å². The molecule has 3 aromatic carbocycles. The average Bonchev–Trinajstić information content (AvgIpc) is 3.13. The van der Waals surface area contributed by atoms with E-state index in [-0.39, 0.29) is 0 Å². The minimum Gasteiger partial charge on any atom is -0.307 e. The number of nitrogens with zero attached hydrogens (tertiary/aromatic N) is 3. The van der Waals surface area contributed by atoms with Crippen molar-refractivity contribution in [2.75, 3.05) is 0 Å². The Morgan fingerprint density at radius 2 is 1.73 bits per heavy atom. The molecule has 0 radical (unpaired) electrons. The van der Waals surface area contributed by atoms with E-state index in [2.05, 4.69) is 96.4 Å². The van der Waals surface area contributed by atoms with Crippen molar-refractivity contribution in [1.82, 2.24) is 4.40 Å². The molecule has 3 aromatic heterocycles. The number of fused-ring (bicyclic) bond motifs is 5. The number of rotatable bonds is 2. The average molecular weight is 431 g/mol. The van der Waals surface area contributed by atoms with Crippen LogP contribution in [0.3, 0.4) is 0 Å². The summed E-state index contributed by atoms with van der Waals surface area (Å²) in [5.41, 5.74) is 8.08. The first-order valence-electron chi connectivity index (χ1n) is 11.7. The van der Waals surface area contributed by atoms with E-state index in [1.807, 2.05) is 13.8 Å². The zero-order valence-corrected chi connectivity index (χ0v) is 20.1. The van der Waals surface area contributed by atoms with Gasteiger partial charge in [-0.05, 0) is 53.6 Å². The third-order valence-electron chi connectivity index (χ3n) is 7.51. The number of hydrogen-bond acceptors (Lipinski definition) is 0. The van der Waals surface area contributed by atoms with Crippen molar-refractivity contribution in [1.29, 1.82) is 0 Å². The second kappa shape index (κ2) is 6.45. The van der Waals surface area contributed by atoms with Crippen LogP contribution in [0.4, 0.5) is 0 Å². The molecule has 0 saturated carbocycles. The fourth-order valence-electron chi connectivity index (χ4n) is 5.51. The maximum Gasteiger partial charge on any atom is 0.252 e. The van der Waals surface area contributed by atoms with Crippen LogP contribution < -0.4 is 4.57 Å². The van der Waals surface area contributed by atoms with Crippen LogP contribution in [0.1, 0.15) is 50.3 Å². The van der Waals surface area contributed by atoms with E-state index in [9.17, 15) is 0 Å². The van der Waals surface area contributed by atoms with E-state index >= 15 is 0 Å². The predicted octanol–water partition coefficient (Wildman–Crippen LogP) is 7.40. The Hall–Kier alpha value is -3.64. The molecular weight excluding hydrogens is 402 g/mol. The van der Waals surface area contributed by atoms with Gasteiger partial charge in [-0.15, -0.1) is 0 Å². The predicted molar refractivity (Wildman–Crippen MR) is 138 cm³/mol. The maximum atomic E-state index is 7.81. The molecule has 0 unspecified atom stereocenters. The van der Waals surface area contributed by atoms with Crippen molar-refractivity contribution in [3.05, 3.63) is 82.8 Å². The summed E-state index contributed by atoms with van der Waals surface area (Å²) >= 11 is 0. The minimum atomic E-state index is -0.581. The first-order valence-corrected chi connectivity index (χ1v) is 11.7. The normalized spacial score (nSPS) is 12.8. The van der Waals surface area contributed by atoms with Crippen molar-refractivity contribution in [2.45, 2.75) is 46.1 Å². The van der Waals surface area contributed by atoms with Crippen molar-refractivity contribution >= 4 is 49.0 Å². The van der Waals surface area contributed by atoms with E-state index in [0.717, 1.165) is 5.56 Å². The standard InChI is InChI=1S/C30H28N3/c1-17(2)19-9-11-24-23(15-19)22-10-8-18(3)26-28(22)33(24)25-16-21(30(4,5)31-6)14-20-12-13-32(7)29(26)27(20)25/h8-17H,1-5,7H3/q+1. The van der Waals surface area contributed by atoms with Crippen LogP contribution in [0.15, 0.2) is 54.7 Å². The summed E-state index contributed by atoms with van der Waals surface area (Å²) in [5.74, 6) is 0.479.